The average Bonchev–Trinajstić information content (AvgIpc) is 3.20. The highest BCUT2D eigenvalue weighted by Crippen LogP contribution is 2.32. The molecule has 20 heavy (non-hydrogen) atoms. The Labute approximate surface area is 121 Å². The minimum atomic E-state index is -3.44. The number of aromatic nitrogens is 1. The van der Waals surface area contributed by atoms with Crippen molar-refractivity contribution >= 4 is 15.8 Å². The number of anilines is 1. The van der Waals surface area contributed by atoms with Gasteiger partial charge in [0.15, 0.2) is 0 Å². The first kappa shape index (κ1) is 15.3. The molecule has 0 atom stereocenters. The van der Waals surface area contributed by atoms with Gasteiger partial charge in [-0.1, -0.05) is 0 Å². The smallest absolute Gasteiger partial charge is 0.244 e. The molecule has 0 bridgehead atoms. The van der Waals surface area contributed by atoms with Gasteiger partial charge in [0.05, 0.1) is 0 Å². The lowest BCUT2D eigenvalue weighted by molar-refractivity contribution is 0.341. The molecular formula is C14H23N3O2S. The van der Waals surface area contributed by atoms with Crippen LogP contribution in [0, 0.1) is 5.92 Å². The van der Waals surface area contributed by atoms with E-state index in [4.69, 9.17) is 0 Å². The molecule has 1 saturated carbocycles. The molecule has 1 aliphatic rings. The van der Waals surface area contributed by atoms with E-state index in [2.05, 4.69) is 10.3 Å². The summed E-state index contributed by atoms with van der Waals surface area (Å²) in [7, 11) is -3.44. The summed E-state index contributed by atoms with van der Waals surface area (Å²) in [6.45, 7) is 7.19. The van der Waals surface area contributed by atoms with Gasteiger partial charge in [-0.05, 0) is 51.7 Å². The van der Waals surface area contributed by atoms with Crippen LogP contribution in [0.25, 0.3) is 0 Å². The summed E-state index contributed by atoms with van der Waals surface area (Å²) in [6.07, 6.45) is 3.71. The Morgan fingerprint density at radius 2 is 2.10 bits per heavy atom. The monoisotopic (exact) mass is 297 g/mol. The molecule has 0 unspecified atom stereocenters. The van der Waals surface area contributed by atoms with Crippen molar-refractivity contribution in [3.05, 3.63) is 18.3 Å². The fourth-order valence-corrected chi connectivity index (χ4v) is 3.75. The van der Waals surface area contributed by atoms with Crippen molar-refractivity contribution in [3.8, 4) is 0 Å². The number of nitrogens with one attached hydrogen (secondary N) is 1. The van der Waals surface area contributed by atoms with Crippen LogP contribution in [0.15, 0.2) is 23.2 Å². The largest absolute Gasteiger partial charge is 0.370 e. The van der Waals surface area contributed by atoms with Crippen molar-refractivity contribution in [2.75, 3.05) is 18.4 Å². The summed E-state index contributed by atoms with van der Waals surface area (Å²) in [5.74, 6) is 1.23. The van der Waals surface area contributed by atoms with E-state index in [0.717, 1.165) is 19.4 Å². The van der Waals surface area contributed by atoms with Gasteiger partial charge >= 0.3 is 0 Å². The van der Waals surface area contributed by atoms with Crippen molar-refractivity contribution in [3.63, 3.8) is 0 Å². The summed E-state index contributed by atoms with van der Waals surface area (Å²) >= 11 is 0. The molecule has 0 aliphatic heterocycles. The standard InChI is InChI=1S/C14H23N3O2S/c1-4-15-14-8-7-13(9-16-14)20(18,19)17(11(2)3)10-12-5-6-12/h7-9,11-12H,4-6,10H2,1-3H3,(H,15,16). The van der Waals surface area contributed by atoms with E-state index < -0.39 is 10.0 Å². The maximum atomic E-state index is 12.7. The van der Waals surface area contributed by atoms with Crippen molar-refractivity contribution in [1.29, 1.82) is 0 Å². The van der Waals surface area contributed by atoms with E-state index in [1.807, 2.05) is 20.8 Å². The molecule has 2 rings (SSSR count). The van der Waals surface area contributed by atoms with Crippen LogP contribution >= 0.6 is 0 Å². The Morgan fingerprint density at radius 1 is 1.40 bits per heavy atom. The zero-order chi connectivity index (χ0) is 14.8. The molecule has 0 saturated heterocycles. The Bertz CT molecular complexity index is 536. The van der Waals surface area contributed by atoms with Crippen molar-refractivity contribution < 1.29 is 8.42 Å². The molecule has 0 amide bonds. The number of nitrogens with zero attached hydrogens (tertiary/aromatic N) is 2. The Morgan fingerprint density at radius 3 is 2.55 bits per heavy atom. The molecule has 6 heteroatoms. The Kier molecular flexibility index (Phi) is 4.65. The van der Waals surface area contributed by atoms with Crippen LogP contribution in [0.5, 0.6) is 0 Å². The SMILES string of the molecule is CCNc1ccc(S(=O)(=O)N(CC2CC2)C(C)C)cn1. The maximum Gasteiger partial charge on any atom is 0.244 e. The van der Waals surface area contributed by atoms with Gasteiger partial charge in [-0.25, -0.2) is 13.4 Å². The van der Waals surface area contributed by atoms with E-state index in [1.54, 1.807) is 16.4 Å². The summed E-state index contributed by atoms with van der Waals surface area (Å²) in [5.41, 5.74) is 0. The summed E-state index contributed by atoms with van der Waals surface area (Å²) in [4.78, 5) is 4.43. The van der Waals surface area contributed by atoms with Crippen LogP contribution in [0.1, 0.15) is 33.6 Å². The van der Waals surface area contributed by atoms with Crippen LogP contribution < -0.4 is 5.32 Å². The van der Waals surface area contributed by atoms with E-state index in [1.165, 1.54) is 6.20 Å². The van der Waals surface area contributed by atoms with Crippen molar-refractivity contribution in [2.24, 2.45) is 5.92 Å². The fraction of sp³-hybridized carbons (Fsp3) is 0.643. The van der Waals surface area contributed by atoms with Crippen molar-refractivity contribution in [2.45, 2.75) is 44.6 Å². The number of pyridine rings is 1. The Hall–Kier alpha value is -1.14. The lowest BCUT2D eigenvalue weighted by atomic mass is 10.3. The number of rotatable bonds is 7. The predicted octanol–water partition coefficient (Wildman–Crippen LogP) is 2.32. The van der Waals surface area contributed by atoms with Crippen LogP contribution in [0.4, 0.5) is 5.82 Å². The molecule has 112 valence electrons. The molecule has 0 aromatic carbocycles. The number of hydrogen-bond acceptors (Lipinski definition) is 4. The van der Waals surface area contributed by atoms with Gasteiger partial charge in [-0.15, -0.1) is 0 Å². The second-order valence-electron chi connectivity index (χ2n) is 5.52. The molecule has 1 aromatic rings. The normalized spacial score (nSPS) is 15.8. The molecular weight excluding hydrogens is 274 g/mol. The first-order chi connectivity index (χ1) is 9.45. The highest BCUT2D eigenvalue weighted by atomic mass is 32.2. The highest BCUT2D eigenvalue weighted by Gasteiger charge is 2.33. The van der Waals surface area contributed by atoms with E-state index in [0.29, 0.717) is 18.3 Å². The third-order valence-electron chi connectivity index (χ3n) is 3.41. The average molecular weight is 297 g/mol. The van der Waals surface area contributed by atoms with E-state index in [9.17, 15) is 8.42 Å². The molecule has 1 aliphatic carbocycles. The second kappa shape index (κ2) is 6.10. The van der Waals surface area contributed by atoms with E-state index in [-0.39, 0.29) is 10.9 Å². The summed E-state index contributed by atoms with van der Waals surface area (Å²) in [6, 6.07) is 3.31. The fourth-order valence-electron chi connectivity index (χ4n) is 2.10. The summed E-state index contributed by atoms with van der Waals surface area (Å²) < 4.78 is 26.9. The van der Waals surface area contributed by atoms with Gasteiger partial charge in [-0.3, -0.25) is 0 Å². The molecule has 0 radical (unpaired) electrons. The molecule has 1 aromatic heterocycles. The summed E-state index contributed by atoms with van der Waals surface area (Å²) in [5, 5.41) is 3.06. The molecule has 1 fully saturated rings. The third-order valence-corrected chi connectivity index (χ3v) is 5.44. The lowest BCUT2D eigenvalue weighted by Crippen LogP contribution is -2.38. The predicted molar refractivity (Wildman–Crippen MR) is 80.2 cm³/mol. The molecule has 1 heterocycles. The minimum absolute atomic E-state index is 0.0333. The van der Waals surface area contributed by atoms with Gasteiger partial charge in [0.1, 0.15) is 10.7 Å². The van der Waals surface area contributed by atoms with Gasteiger partial charge in [0, 0.05) is 25.3 Å². The van der Waals surface area contributed by atoms with Crippen molar-refractivity contribution in [1.82, 2.24) is 9.29 Å². The lowest BCUT2D eigenvalue weighted by Gasteiger charge is -2.25. The van der Waals surface area contributed by atoms with Crippen LogP contribution in [-0.4, -0.2) is 36.8 Å². The van der Waals surface area contributed by atoms with Gasteiger partial charge < -0.3 is 5.32 Å². The van der Waals surface area contributed by atoms with Gasteiger partial charge in [-0.2, -0.15) is 4.31 Å². The highest BCUT2D eigenvalue weighted by molar-refractivity contribution is 7.89. The van der Waals surface area contributed by atoms with Crippen LogP contribution in [0.2, 0.25) is 0 Å². The molecule has 0 spiro atoms. The second-order valence-corrected chi connectivity index (χ2v) is 7.41. The van der Waals surface area contributed by atoms with Gasteiger partial charge in [0.2, 0.25) is 10.0 Å². The van der Waals surface area contributed by atoms with Gasteiger partial charge in [0.25, 0.3) is 0 Å². The molecule has 1 N–H and O–H groups in total. The topological polar surface area (TPSA) is 62.3 Å². The van der Waals surface area contributed by atoms with E-state index >= 15 is 0 Å². The zero-order valence-electron chi connectivity index (χ0n) is 12.3. The minimum Gasteiger partial charge on any atom is -0.370 e. The first-order valence-corrected chi connectivity index (χ1v) is 8.61. The number of hydrogen-bond donors (Lipinski definition) is 1. The first-order valence-electron chi connectivity index (χ1n) is 7.17. The number of sulfonamides is 1. The molecule has 5 nitrogen and oxygen atoms in total. The van der Waals surface area contributed by atoms with Crippen LogP contribution in [0.3, 0.4) is 0 Å². The maximum absolute atomic E-state index is 12.7. The van der Waals surface area contributed by atoms with Crippen LogP contribution in [-0.2, 0) is 10.0 Å². The Balaban J connectivity index is 2.21. The third kappa shape index (κ3) is 3.49. The zero-order valence-corrected chi connectivity index (χ0v) is 13.2. The quantitative estimate of drug-likeness (QED) is 0.839.